The molecule has 2 unspecified atom stereocenters. The van der Waals surface area contributed by atoms with Crippen LogP contribution in [-0.2, 0) is 4.74 Å². The minimum atomic E-state index is 0.212. The molecule has 0 radical (unpaired) electrons. The van der Waals surface area contributed by atoms with Crippen molar-refractivity contribution in [3.8, 4) is 12.3 Å². The van der Waals surface area contributed by atoms with Gasteiger partial charge in [-0.2, -0.15) is 0 Å². The number of nitrogens with one attached hydrogen (secondary N) is 1. The largest absolute Gasteiger partial charge is 0.370 e. The van der Waals surface area contributed by atoms with Gasteiger partial charge in [-0.15, -0.1) is 6.42 Å². The molecule has 2 heteroatoms. The molecule has 16 heavy (non-hydrogen) atoms. The van der Waals surface area contributed by atoms with E-state index in [9.17, 15) is 0 Å². The minimum Gasteiger partial charge on any atom is -0.370 e. The van der Waals surface area contributed by atoms with Crippen molar-refractivity contribution in [1.82, 2.24) is 5.32 Å². The predicted molar refractivity (Wildman–Crippen MR) is 66.2 cm³/mol. The van der Waals surface area contributed by atoms with Gasteiger partial charge >= 0.3 is 0 Å². The Morgan fingerprint density at radius 2 is 2.19 bits per heavy atom. The summed E-state index contributed by atoms with van der Waals surface area (Å²) in [5, 5.41) is 3.41. The molecule has 0 amide bonds. The lowest BCUT2D eigenvalue weighted by Gasteiger charge is -2.24. The van der Waals surface area contributed by atoms with Gasteiger partial charge in [0, 0.05) is 6.54 Å². The summed E-state index contributed by atoms with van der Waals surface area (Å²) in [6.07, 6.45) is 14.5. The highest BCUT2D eigenvalue weighted by Gasteiger charge is 2.41. The van der Waals surface area contributed by atoms with Crippen LogP contribution in [0.5, 0.6) is 0 Å². The zero-order chi connectivity index (χ0) is 11.4. The van der Waals surface area contributed by atoms with E-state index in [0.717, 1.165) is 13.0 Å². The first-order valence-electron chi connectivity index (χ1n) is 6.65. The van der Waals surface area contributed by atoms with Crippen molar-refractivity contribution in [1.29, 1.82) is 0 Å². The predicted octanol–water partition coefficient (Wildman–Crippen LogP) is 2.48. The fraction of sp³-hybridized carbons (Fsp3) is 0.857. The molecule has 0 aromatic heterocycles. The lowest BCUT2D eigenvalue weighted by Crippen LogP contribution is -2.36. The van der Waals surface area contributed by atoms with Gasteiger partial charge in [0.25, 0.3) is 0 Å². The Balaban J connectivity index is 1.75. The molecule has 0 bridgehead atoms. The van der Waals surface area contributed by atoms with Gasteiger partial charge < -0.3 is 10.1 Å². The Labute approximate surface area is 99.1 Å². The van der Waals surface area contributed by atoms with Crippen molar-refractivity contribution >= 4 is 0 Å². The third kappa shape index (κ3) is 2.59. The quantitative estimate of drug-likeness (QED) is 0.736. The van der Waals surface area contributed by atoms with Crippen LogP contribution in [0.1, 0.15) is 51.9 Å². The van der Waals surface area contributed by atoms with Crippen LogP contribution in [0.25, 0.3) is 0 Å². The molecule has 0 aromatic carbocycles. The van der Waals surface area contributed by atoms with Crippen LogP contribution in [0.3, 0.4) is 0 Å². The molecule has 2 rings (SSSR count). The molecule has 1 saturated heterocycles. The van der Waals surface area contributed by atoms with E-state index in [0.29, 0.717) is 6.10 Å². The SMILES string of the molecule is C#CC(CC)NCC1CCC2(CCCC2)O1. The van der Waals surface area contributed by atoms with Gasteiger partial charge in [-0.25, -0.2) is 0 Å². The van der Waals surface area contributed by atoms with Gasteiger partial charge in [0.15, 0.2) is 0 Å². The fourth-order valence-electron chi connectivity index (χ4n) is 3.02. The summed E-state index contributed by atoms with van der Waals surface area (Å²) in [6.45, 7) is 3.04. The van der Waals surface area contributed by atoms with Gasteiger partial charge in [0.05, 0.1) is 17.7 Å². The maximum Gasteiger partial charge on any atom is 0.0708 e. The first kappa shape index (κ1) is 12.0. The monoisotopic (exact) mass is 221 g/mol. The molecular weight excluding hydrogens is 198 g/mol. The zero-order valence-corrected chi connectivity index (χ0v) is 10.3. The topological polar surface area (TPSA) is 21.3 Å². The third-order valence-corrected chi connectivity index (χ3v) is 4.05. The van der Waals surface area contributed by atoms with Gasteiger partial charge in [-0.1, -0.05) is 25.7 Å². The summed E-state index contributed by atoms with van der Waals surface area (Å²) >= 11 is 0. The van der Waals surface area contributed by atoms with E-state index >= 15 is 0 Å². The van der Waals surface area contributed by atoms with Crippen molar-refractivity contribution < 1.29 is 4.74 Å². The molecule has 2 aliphatic rings. The molecule has 1 aliphatic carbocycles. The fourth-order valence-corrected chi connectivity index (χ4v) is 3.02. The van der Waals surface area contributed by atoms with Crippen LogP contribution in [-0.4, -0.2) is 24.3 Å². The highest BCUT2D eigenvalue weighted by atomic mass is 16.5. The summed E-state index contributed by atoms with van der Waals surface area (Å²) in [5.41, 5.74) is 0.254. The Bertz CT molecular complexity index is 262. The average Bonchev–Trinajstić information content (AvgIpc) is 2.92. The van der Waals surface area contributed by atoms with Crippen molar-refractivity contribution in [3.05, 3.63) is 0 Å². The van der Waals surface area contributed by atoms with Gasteiger partial charge in [0.1, 0.15) is 0 Å². The maximum absolute atomic E-state index is 6.22. The molecule has 2 atom stereocenters. The summed E-state index contributed by atoms with van der Waals surface area (Å²) in [5.74, 6) is 2.77. The second-order valence-electron chi connectivity index (χ2n) is 5.20. The van der Waals surface area contributed by atoms with Gasteiger partial charge in [-0.05, 0) is 32.1 Å². The van der Waals surface area contributed by atoms with Crippen LogP contribution in [0.2, 0.25) is 0 Å². The molecule has 1 saturated carbocycles. The van der Waals surface area contributed by atoms with Crippen molar-refractivity contribution in [2.24, 2.45) is 0 Å². The molecule has 2 nitrogen and oxygen atoms in total. The van der Waals surface area contributed by atoms with Crippen LogP contribution >= 0.6 is 0 Å². The Morgan fingerprint density at radius 1 is 1.44 bits per heavy atom. The van der Waals surface area contributed by atoms with Crippen LogP contribution in [0, 0.1) is 12.3 Å². The third-order valence-electron chi connectivity index (χ3n) is 4.05. The first-order valence-corrected chi connectivity index (χ1v) is 6.65. The van der Waals surface area contributed by atoms with E-state index in [1.54, 1.807) is 0 Å². The molecule has 2 fully saturated rings. The average molecular weight is 221 g/mol. The molecule has 90 valence electrons. The van der Waals surface area contributed by atoms with E-state index in [1.807, 2.05) is 0 Å². The minimum absolute atomic E-state index is 0.212. The van der Waals surface area contributed by atoms with Crippen LogP contribution < -0.4 is 5.32 Å². The lowest BCUT2D eigenvalue weighted by molar-refractivity contribution is -0.0354. The molecule has 1 heterocycles. The number of hydrogen-bond donors (Lipinski definition) is 1. The highest BCUT2D eigenvalue weighted by molar-refractivity contribution is 4.99. The summed E-state index contributed by atoms with van der Waals surface area (Å²) < 4.78 is 6.22. The molecule has 1 aliphatic heterocycles. The first-order chi connectivity index (χ1) is 7.78. The maximum atomic E-state index is 6.22. The lowest BCUT2D eigenvalue weighted by atomic mass is 9.98. The van der Waals surface area contributed by atoms with Crippen LogP contribution in [0.4, 0.5) is 0 Å². The Morgan fingerprint density at radius 3 is 2.81 bits per heavy atom. The standard InChI is InChI=1S/C14H23NO/c1-3-12(4-2)15-11-13-7-10-14(16-13)8-5-6-9-14/h1,12-13,15H,4-11H2,2H3. The van der Waals surface area contributed by atoms with Crippen molar-refractivity contribution in [2.75, 3.05) is 6.54 Å². The molecule has 1 N–H and O–H groups in total. The van der Waals surface area contributed by atoms with Gasteiger partial charge in [-0.3, -0.25) is 0 Å². The number of rotatable bonds is 4. The van der Waals surface area contributed by atoms with Crippen molar-refractivity contribution in [2.45, 2.75) is 69.6 Å². The van der Waals surface area contributed by atoms with Gasteiger partial charge in [0.2, 0.25) is 0 Å². The number of terminal acetylenes is 1. The van der Waals surface area contributed by atoms with E-state index < -0.39 is 0 Å². The zero-order valence-electron chi connectivity index (χ0n) is 10.3. The normalized spacial score (nSPS) is 29.4. The second-order valence-corrected chi connectivity index (χ2v) is 5.20. The second kappa shape index (κ2) is 5.21. The summed E-state index contributed by atoms with van der Waals surface area (Å²) in [7, 11) is 0. The van der Waals surface area contributed by atoms with E-state index in [-0.39, 0.29) is 11.6 Å². The van der Waals surface area contributed by atoms with Crippen LogP contribution in [0.15, 0.2) is 0 Å². The van der Waals surface area contributed by atoms with Crippen molar-refractivity contribution in [3.63, 3.8) is 0 Å². The summed E-state index contributed by atoms with van der Waals surface area (Å²) in [4.78, 5) is 0. The molecule has 0 aromatic rings. The Hall–Kier alpha value is -0.520. The Kier molecular flexibility index (Phi) is 3.89. The molecule has 1 spiro atoms. The number of hydrogen-bond acceptors (Lipinski definition) is 2. The smallest absolute Gasteiger partial charge is 0.0708 e. The summed E-state index contributed by atoms with van der Waals surface area (Å²) in [6, 6.07) is 0.212. The van der Waals surface area contributed by atoms with E-state index in [1.165, 1.54) is 38.5 Å². The van der Waals surface area contributed by atoms with E-state index in [2.05, 4.69) is 18.2 Å². The van der Waals surface area contributed by atoms with E-state index in [4.69, 9.17) is 11.2 Å². The number of ether oxygens (including phenoxy) is 1. The molecular formula is C14H23NO. The highest BCUT2D eigenvalue weighted by Crippen LogP contribution is 2.43.